The van der Waals surface area contributed by atoms with Crippen molar-refractivity contribution in [2.24, 2.45) is 11.8 Å². The zero-order chi connectivity index (χ0) is 13.9. The molecular weight excluding hydrogens is 254 g/mol. The van der Waals surface area contributed by atoms with Gasteiger partial charge in [-0.1, -0.05) is 18.9 Å². The lowest BCUT2D eigenvalue weighted by Gasteiger charge is -2.24. The van der Waals surface area contributed by atoms with Crippen molar-refractivity contribution in [1.82, 2.24) is 4.98 Å². The van der Waals surface area contributed by atoms with E-state index in [1.807, 2.05) is 0 Å². The standard InChI is InChI=1S/C15H19N3O2/c19-14(10-4-1-5-10)17-12-8-3-9-13(16-12)18-15(20)11-6-2-7-11/h3,8-11H,1-2,4-7H2,(H2,16,17,18,19,20). The lowest BCUT2D eigenvalue weighted by molar-refractivity contribution is -0.122. The van der Waals surface area contributed by atoms with E-state index < -0.39 is 0 Å². The third-order valence-electron chi connectivity index (χ3n) is 4.20. The minimum absolute atomic E-state index is 0.0335. The minimum Gasteiger partial charge on any atom is -0.310 e. The average Bonchev–Trinajstić information content (AvgIpc) is 2.23. The van der Waals surface area contributed by atoms with Gasteiger partial charge in [0.15, 0.2) is 0 Å². The molecule has 1 aromatic rings. The van der Waals surface area contributed by atoms with E-state index >= 15 is 0 Å². The van der Waals surface area contributed by atoms with Gasteiger partial charge in [-0.2, -0.15) is 0 Å². The van der Waals surface area contributed by atoms with Gasteiger partial charge in [0, 0.05) is 11.8 Å². The summed E-state index contributed by atoms with van der Waals surface area (Å²) in [5.41, 5.74) is 0. The molecule has 20 heavy (non-hydrogen) atoms. The Hall–Kier alpha value is -1.91. The molecule has 2 N–H and O–H groups in total. The van der Waals surface area contributed by atoms with Crippen LogP contribution in [0.2, 0.25) is 0 Å². The second-order valence-corrected chi connectivity index (χ2v) is 5.64. The minimum atomic E-state index is 0.0335. The lowest BCUT2D eigenvalue weighted by atomic mass is 9.85. The molecule has 0 spiro atoms. The van der Waals surface area contributed by atoms with Crippen molar-refractivity contribution in [3.63, 3.8) is 0 Å². The molecule has 1 heterocycles. The number of rotatable bonds is 4. The fourth-order valence-corrected chi connectivity index (χ4v) is 2.37. The van der Waals surface area contributed by atoms with Crippen LogP contribution in [0, 0.1) is 11.8 Å². The summed E-state index contributed by atoms with van der Waals surface area (Å²) in [4.78, 5) is 28.0. The maximum Gasteiger partial charge on any atom is 0.228 e. The molecule has 106 valence electrons. The predicted octanol–water partition coefficient (Wildman–Crippen LogP) is 2.56. The number of hydrogen-bond donors (Lipinski definition) is 2. The van der Waals surface area contributed by atoms with Gasteiger partial charge in [0.2, 0.25) is 11.8 Å². The van der Waals surface area contributed by atoms with Gasteiger partial charge < -0.3 is 10.6 Å². The Bertz CT molecular complexity index is 478. The number of nitrogens with one attached hydrogen (secondary N) is 2. The monoisotopic (exact) mass is 273 g/mol. The summed E-state index contributed by atoms with van der Waals surface area (Å²) in [6.07, 6.45) is 6.10. The topological polar surface area (TPSA) is 71.1 Å². The molecule has 1 aromatic heterocycles. The van der Waals surface area contributed by atoms with Crippen LogP contribution in [0.15, 0.2) is 18.2 Å². The van der Waals surface area contributed by atoms with Crippen molar-refractivity contribution in [3.05, 3.63) is 18.2 Å². The van der Waals surface area contributed by atoms with Crippen molar-refractivity contribution in [2.45, 2.75) is 38.5 Å². The van der Waals surface area contributed by atoms with E-state index in [1.165, 1.54) is 0 Å². The van der Waals surface area contributed by atoms with Crippen LogP contribution in [0.25, 0.3) is 0 Å². The number of amides is 2. The molecule has 2 aliphatic carbocycles. The number of hydrogen-bond acceptors (Lipinski definition) is 3. The molecule has 0 aromatic carbocycles. The van der Waals surface area contributed by atoms with Crippen LogP contribution >= 0.6 is 0 Å². The Morgan fingerprint density at radius 2 is 1.35 bits per heavy atom. The van der Waals surface area contributed by atoms with Crippen molar-refractivity contribution in [2.75, 3.05) is 10.6 Å². The quantitative estimate of drug-likeness (QED) is 0.885. The van der Waals surface area contributed by atoms with Crippen LogP contribution in [-0.2, 0) is 9.59 Å². The summed E-state index contributed by atoms with van der Waals surface area (Å²) >= 11 is 0. The first-order chi connectivity index (χ1) is 9.72. The van der Waals surface area contributed by atoms with Gasteiger partial charge in [0.25, 0.3) is 0 Å². The maximum atomic E-state index is 11.9. The molecule has 5 heteroatoms. The predicted molar refractivity (Wildman–Crippen MR) is 76.2 cm³/mol. The van der Waals surface area contributed by atoms with Gasteiger partial charge >= 0.3 is 0 Å². The van der Waals surface area contributed by atoms with Crippen LogP contribution in [0.4, 0.5) is 11.6 Å². The highest BCUT2D eigenvalue weighted by Gasteiger charge is 2.26. The van der Waals surface area contributed by atoms with Crippen molar-refractivity contribution < 1.29 is 9.59 Å². The number of pyridine rings is 1. The van der Waals surface area contributed by atoms with Crippen molar-refractivity contribution >= 4 is 23.5 Å². The first-order valence-electron chi connectivity index (χ1n) is 7.31. The molecule has 2 aliphatic rings. The highest BCUT2D eigenvalue weighted by atomic mass is 16.2. The summed E-state index contributed by atoms with van der Waals surface area (Å²) in [5, 5.41) is 5.63. The highest BCUT2D eigenvalue weighted by Crippen LogP contribution is 2.28. The summed E-state index contributed by atoms with van der Waals surface area (Å²) in [5.74, 6) is 1.34. The zero-order valence-corrected chi connectivity index (χ0v) is 11.4. The molecular formula is C15H19N3O2. The molecule has 0 saturated heterocycles. The van der Waals surface area contributed by atoms with E-state index in [0.29, 0.717) is 11.6 Å². The first kappa shape index (κ1) is 13.1. The van der Waals surface area contributed by atoms with E-state index in [0.717, 1.165) is 38.5 Å². The largest absolute Gasteiger partial charge is 0.310 e. The lowest BCUT2D eigenvalue weighted by Crippen LogP contribution is -2.29. The van der Waals surface area contributed by atoms with E-state index in [2.05, 4.69) is 15.6 Å². The van der Waals surface area contributed by atoms with E-state index in [4.69, 9.17) is 0 Å². The van der Waals surface area contributed by atoms with Crippen LogP contribution in [0.3, 0.4) is 0 Å². The van der Waals surface area contributed by atoms with E-state index in [1.54, 1.807) is 18.2 Å². The number of aromatic nitrogens is 1. The normalized spacial score (nSPS) is 18.8. The Morgan fingerprint density at radius 1 is 0.900 bits per heavy atom. The Kier molecular flexibility index (Phi) is 3.67. The van der Waals surface area contributed by atoms with Crippen LogP contribution in [0.5, 0.6) is 0 Å². The average molecular weight is 273 g/mol. The second kappa shape index (κ2) is 5.61. The maximum absolute atomic E-state index is 11.9. The van der Waals surface area contributed by atoms with Gasteiger partial charge in [-0.3, -0.25) is 9.59 Å². The smallest absolute Gasteiger partial charge is 0.228 e. The number of nitrogens with zero attached hydrogens (tertiary/aromatic N) is 1. The zero-order valence-electron chi connectivity index (χ0n) is 11.4. The summed E-state index contributed by atoms with van der Waals surface area (Å²) in [6.45, 7) is 0. The van der Waals surface area contributed by atoms with Gasteiger partial charge in [0.1, 0.15) is 11.6 Å². The van der Waals surface area contributed by atoms with E-state index in [9.17, 15) is 9.59 Å². The first-order valence-corrected chi connectivity index (χ1v) is 7.31. The summed E-state index contributed by atoms with van der Waals surface area (Å²) < 4.78 is 0. The number of carbonyl (C=O) groups is 2. The Labute approximate surface area is 118 Å². The van der Waals surface area contributed by atoms with Crippen LogP contribution in [-0.4, -0.2) is 16.8 Å². The van der Waals surface area contributed by atoms with E-state index in [-0.39, 0.29) is 23.7 Å². The third kappa shape index (κ3) is 2.81. The molecule has 0 unspecified atom stereocenters. The molecule has 2 fully saturated rings. The summed E-state index contributed by atoms with van der Waals surface area (Å²) in [6, 6.07) is 5.28. The molecule has 2 amide bonds. The van der Waals surface area contributed by atoms with Crippen molar-refractivity contribution in [3.8, 4) is 0 Å². The highest BCUT2D eigenvalue weighted by molar-refractivity contribution is 5.94. The molecule has 0 atom stereocenters. The van der Waals surface area contributed by atoms with Crippen molar-refractivity contribution in [1.29, 1.82) is 0 Å². The number of anilines is 2. The SMILES string of the molecule is O=C(Nc1cccc(NC(=O)C2CCC2)n1)C1CCC1. The Morgan fingerprint density at radius 3 is 1.70 bits per heavy atom. The molecule has 0 bridgehead atoms. The van der Waals surface area contributed by atoms with Gasteiger partial charge in [-0.15, -0.1) is 0 Å². The van der Waals surface area contributed by atoms with Crippen LogP contribution in [0.1, 0.15) is 38.5 Å². The van der Waals surface area contributed by atoms with Crippen LogP contribution < -0.4 is 10.6 Å². The number of carbonyl (C=O) groups excluding carboxylic acids is 2. The summed E-state index contributed by atoms with van der Waals surface area (Å²) in [7, 11) is 0. The Balaban J connectivity index is 1.59. The fraction of sp³-hybridized carbons (Fsp3) is 0.533. The molecule has 0 radical (unpaired) electrons. The second-order valence-electron chi connectivity index (χ2n) is 5.64. The van der Waals surface area contributed by atoms with Gasteiger partial charge in [-0.05, 0) is 37.8 Å². The molecule has 0 aliphatic heterocycles. The third-order valence-corrected chi connectivity index (χ3v) is 4.20. The molecule has 2 saturated carbocycles. The molecule has 5 nitrogen and oxygen atoms in total. The molecule has 3 rings (SSSR count). The fourth-order valence-electron chi connectivity index (χ4n) is 2.37. The van der Waals surface area contributed by atoms with Gasteiger partial charge in [-0.25, -0.2) is 4.98 Å². The van der Waals surface area contributed by atoms with Gasteiger partial charge in [0.05, 0.1) is 0 Å².